The van der Waals surface area contributed by atoms with Crippen molar-refractivity contribution >= 4 is 17.3 Å². The lowest BCUT2D eigenvalue weighted by atomic mass is 10.2. The van der Waals surface area contributed by atoms with Crippen LogP contribution in [0.2, 0.25) is 5.02 Å². The molecule has 0 aromatic heterocycles. The van der Waals surface area contributed by atoms with Gasteiger partial charge < -0.3 is 20.3 Å². The molecule has 2 aromatic rings. The van der Waals surface area contributed by atoms with Gasteiger partial charge in [-0.25, -0.2) is 0 Å². The average molecular weight is 377 g/mol. The van der Waals surface area contributed by atoms with Gasteiger partial charge in [-0.15, -0.1) is 0 Å². The van der Waals surface area contributed by atoms with Gasteiger partial charge in [0, 0.05) is 24.7 Å². The van der Waals surface area contributed by atoms with Gasteiger partial charge in [-0.05, 0) is 49.2 Å². The van der Waals surface area contributed by atoms with Gasteiger partial charge in [0.05, 0.1) is 5.69 Å². The number of para-hydroxylation sites is 1. The van der Waals surface area contributed by atoms with Gasteiger partial charge in [-0.1, -0.05) is 23.7 Å². The standard InChI is InChI=1S/C20H25ClN2O3/c1-14-3-2-4-19(22)20(14)25-13-16(24)11-23-10-9-18(12-23)26-17-7-5-15(21)6-8-17/h2-8,16,18,24H,9-13,22H2,1H3. The number of anilines is 1. The second-order valence-corrected chi connectivity index (χ2v) is 7.14. The van der Waals surface area contributed by atoms with Gasteiger partial charge in [-0.3, -0.25) is 4.90 Å². The maximum absolute atomic E-state index is 10.3. The third-order valence-electron chi connectivity index (χ3n) is 4.48. The molecule has 2 unspecified atom stereocenters. The van der Waals surface area contributed by atoms with E-state index >= 15 is 0 Å². The molecule has 6 heteroatoms. The highest BCUT2D eigenvalue weighted by atomic mass is 35.5. The Hall–Kier alpha value is -1.95. The van der Waals surface area contributed by atoms with Gasteiger partial charge in [-0.2, -0.15) is 0 Å². The fourth-order valence-electron chi connectivity index (χ4n) is 3.17. The third kappa shape index (κ3) is 5.04. The Labute approximate surface area is 159 Å². The van der Waals surface area contributed by atoms with Crippen molar-refractivity contribution in [2.24, 2.45) is 0 Å². The van der Waals surface area contributed by atoms with Crippen LogP contribution in [0.3, 0.4) is 0 Å². The summed E-state index contributed by atoms with van der Waals surface area (Å²) in [4.78, 5) is 2.19. The molecule has 0 radical (unpaired) electrons. The van der Waals surface area contributed by atoms with Crippen molar-refractivity contribution in [1.82, 2.24) is 4.90 Å². The van der Waals surface area contributed by atoms with E-state index in [4.69, 9.17) is 26.8 Å². The summed E-state index contributed by atoms with van der Waals surface area (Å²) >= 11 is 5.89. The van der Waals surface area contributed by atoms with Crippen molar-refractivity contribution in [2.45, 2.75) is 25.6 Å². The Morgan fingerprint density at radius 1 is 1.27 bits per heavy atom. The highest BCUT2D eigenvalue weighted by molar-refractivity contribution is 6.30. The van der Waals surface area contributed by atoms with Gasteiger partial charge in [0.1, 0.15) is 30.3 Å². The van der Waals surface area contributed by atoms with Gasteiger partial charge in [0.15, 0.2) is 0 Å². The van der Waals surface area contributed by atoms with E-state index < -0.39 is 6.10 Å². The van der Waals surface area contributed by atoms with Crippen molar-refractivity contribution < 1.29 is 14.6 Å². The van der Waals surface area contributed by atoms with Crippen LogP contribution in [0.5, 0.6) is 11.5 Å². The fourth-order valence-corrected chi connectivity index (χ4v) is 3.29. The number of hydrogen-bond donors (Lipinski definition) is 2. The first-order chi connectivity index (χ1) is 12.5. The molecule has 0 bridgehead atoms. The number of hydrogen-bond acceptors (Lipinski definition) is 5. The van der Waals surface area contributed by atoms with Crippen LogP contribution in [0.15, 0.2) is 42.5 Å². The summed E-state index contributed by atoms with van der Waals surface area (Å²) in [7, 11) is 0. The monoisotopic (exact) mass is 376 g/mol. The summed E-state index contributed by atoms with van der Waals surface area (Å²) in [5.41, 5.74) is 7.49. The fraction of sp³-hybridized carbons (Fsp3) is 0.400. The Balaban J connectivity index is 1.44. The molecule has 140 valence electrons. The summed E-state index contributed by atoms with van der Waals surface area (Å²) in [6.07, 6.45) is 0.473. The molecule has 26 heavy (non-hydrogen) atoms. The molecule has 3 N–H and O–H groups in total. The number of β-amino-alcohol motifs (C(OH)–C–C–N with tert-alkyl or cyclic N) is 1. The number of likely N-dealkylation sites (tertiary alicyclic amines) is 1. The number of rotatable bonds is 7. The average Bonchev–Trinajstić information content (AvgIpc) is 3.03. The molecular formula is C20H25ClN2O3. The Kier molecular flexibility index (Phi) is 6.25. The number of aliphatic hydroxyl groups excluding tert-OH is 1. The zero-order chi connectivity index (χ0) is 18.5. The smallest absolute Gasteiger partial charge is 0.145 e. The van der Waals surface area contributed by atoms with Crippen molar-refractivity contribution in [3.63, 3.8) is 0 Å². The molecule has 1 aliphatic rings. The Morgan fingerprint density at radius 2 is 2.04 bits per heavy atom. The molecule has 5 nitrogen and oxygen atoms in total. The number of aryl methyl sites for hydroxylation is 1. The molecule has 0 spiro atoms. The van der Waals surface area contributed by atoms with Crippen LogP contribution in [0.25, 0.3) is 0 Å². The van der Waals surface area contributed by atoms with Crippen LogP contribution < -0.4 is 15.2 Å². The normalized spacial score (nSPS) is 18.7. The molecule has 1 fully saturated rings. The number of halogens is 1. The lowest BCUT2D eigenvalue weighted by molar-refractivity contribution is 0.0720. The van der Waals surface area contributed by atoms with Crippen LogP contribution >= 0.6 is 11.6 Å². The van der Waals surface area contributed by atoms with Crippen LogP contribution in [-0.4, -0.2) is 48.5 Å². The quantitative estimate of drug-likeness (QED) is 0.727. The van der Waals surface area contributed by atoms with E-state index in [-0.39, 0.29) is 12.7 Å². The number of nitrogens with two attached hydrogens (primary N) is 1. The molecule has 3 rings (SSSR count). The summed E-state index contributed by atoms with van der Waals surface area (Å²) < 4.78 is 11.7. The second kappa shape index (κ2) is 8.62. The number of aliphatic hydroxyl groups is 1. The third-order valence-corrected chi connectivity index (χ3v) is 4.73. The van der Waals surface area contributed by atoms with E-state index in [1.54, 1.807) is 6.07 Å². The molecule has 1 heterocycles. The van der Waals surface area contributed by atoms with E-state index in [1.807, 2.05) is 43.3 Å². The zero-order valence-corrected chi connectivity index (χ0v) is 15.7. The van der Waals surface area contributed by atoms with E-state index in [1.165, 1.54) is 0 Å². The number of nitrogens with zero attached hydrogens (tertiary/aromatic N) is 1. The highest BCUT2D eigenvalue weighted by Gasteiger charge is 2.25. The maximum Gasteiger partial charge on any atom is 0.145 e. The number of ether oxygens (including phenoxy) is 2. The minimum absolute atomic E-state index is 0.122. The summed E-state index contributed by atoms with van der Waals surface area (Å²) in [5, 5.41) is 11.0. The van der Waals surface area contributed by atoms with Gasteiger partial charge >= 0.3 is 0 Å². The van der Waals surface area contributed by atoms with Crippen molar-refractivity contribution in [3.05, 3.63) is 53.1 Å². The number of benzene rings is 2. The molecule has 2 atom stereocenters. The summed E-state index contributed by atoms with van der Waals surface area (Å²) in [5.74, 6) is 1.47. The molecule has 0 aliphatic carbocycles. The topological polar surface area (TPSA) is 68.0 Å². The van der Waals surface area contributed by atoms with Crippen molar-refractivity contribution in [3.8, 4) is 11.5 Å². The zero-order valence-electron chi connectivity index (χ0n) is 14.9. The molecule has 0 saturated carbocycles. The predicted molar refractivity (Wildman–Crippen MR) is 104 cm³/mol. The number of nitrogen functional groups attached to an aromatic ring is 1. The lowest BCUT2D eigenvalue weighted by Gasteiger charge is -2.21. The van der Waals surface area contributed by atoms with Crippen molar-refractivity contribution in [2.75, 3.05) is 32.0 Å². The van der Waals surface area contributed by atoms with Gasteiger partial charge in [0.2, 0.25) is 0 Å². The minimum Gasteiger partial charge on any atom is -0.489 e. The molecule has 1 saturated heterocycles. The molecule has 0 amide bonds. The van der Waals surface area contributed by atoms with Crippen LogP contribution in [-0.2, 0) is 0 Å². The first kappa shape index (κ1) is 18.8. The Morgan fingerprint density at radius 3 is 2.77 bits per heavy atom. The van der Waals surface area contributed by atoms with E-state index in [9.17, 15) is 5.11 Å². The first-order valence-electron chi connectivity index (χ1n) is 8.82. The van der Waals surface area contributed by atoms with E-state index in [0.29, 0.717) is 23.0 Å². The first-order valence-corrected chi connectivity index (χ1v) is 9.19. The maximum atomic E-state index is 10.3. The molecule has 1 aliphatic heterocycles. The minimum atomic E-state index is -0.580. The molecule has 2 aromatic carbocycles. The largest absolute Gasteiger partial charge is 0.489 e. The predicted octanol–water partition coefficient (Wildman–Crippen LogP) is 3.12. The van der Waals surface area contributed by atoms with E-state index in [2.05, 4.69) is 4.90 Å². The Bertz CT molecular complexity index is 703. The van der Waals surface area contributed by atoms with Gasteiger partial charge in [0.25, 0.3) is 0 Å². The van der Waals surface area contributed by atoms with Crippen LogP contribution in [0.4, 0.5) is 5.69 Å². The van der Waals surface area contributed by atoms with Crippen molar-refractivity contribution in [1.29, 1.82) is 0 Å². The highest BCUT2D eigenvalue weighted by Crippen LogP contribution is 2.25. The van der Waals surface area contributed by atoms with Crippen LogP contribution in [0, 0.1) is 6.92 Å². The second-order valence-electron chi connectivity index (χ2n) is 6.70. The van der Waals surface area contributed by atoms with Crippen LogP contribution in [0.1, 0.15) is 12.0 Å². The SMILES string of the molecule is Cc1cccc(N)c1OCC(O)CN1CCC(Oc2ccc(Cl)cc2)C1. The summed E-state index contributed by atoms with van der Waals surface area (Å²) in [6.45, 7) is 4.38. The lowest BCUT2D eigenvalue weighted by Crippen LogP contribution is -2.35. The van der Waals surface area contributed by atoms with E-state index in [0.717, 1.165) is 30.8 Å². The molecular weight excluding hydrogens is 352 g/mol. The summed E-state index contributed by atoms with van der Waals surface area (Å²) in [6, 6.07) is 13.0.